The molecular weight excluding hydrogens is 510 g/mol. The third-order valence-corrected chi connectivity index (χ3v) is 9.90. The van der Waals surface area contributed by atoms with E-state index in [0.717, 1.165) is 44.8 Å². The Morgan fingerprint density at radius 1 is 1.00 bits per heavy atom. The van der Waals surface area contributed by atoms with Crippen LogP contribution in [0.2, 0.25) is 0 Å². The molecule has 0 aliphatic carbocycles. The topological polar surface area (TPSA) is 95.5 Å². The summed E-state index contributed by atoms with van der Waals surface area (Å²) in [6.45, 7) is 9.22. The third kappa shape index (κ3) is 6.48. The summed E-state index contributed by atoms with van der Waals surface area (Å²) in [5.74, 6) is 1.02. The number of sulfonamides is 1. The number of nitrogens with zero attached hydrogens (tertiary/aromatic N) is 4. The maximum atomic E-state index is 13.5. The van der Waals surface area contributed by atoms with E-state index in [9.17, 15) is 13.2 Å². The summed E-state index contributed by atoms with van der Waals surface area (Å²) in [5, 5.41) is 3.60. The van der Waals surface area contributed by atoms with Crippen LogP contribution in [0.3, 0.4) is 0 Å². The summed E-state index contributed by atoms with van der Waals surface area (Å²) < 4.78 is 28.5. The zero-order valence-corrected chi connectivity index (χ0v) is 23.8. The molecule has 2 saturated heterocycles. The molecule has 1 unspecified atom stereocenters. The molecule has 9 heteroatoms. The van der Waals surface area contributed by atoms with Crippen molar-refractivity contribution in [1.29, 1.82) is 0 Å². The van der Waals surface area contributed by atoms with E-state index in [2.05, 4.69) is 29.0 Å². The highest BCUT2D eigenvalue weighted by molar-refractivity contribution is 7.89. The normalized spacial score (nSPS) is 19.8. The number of carbonyl (C=O) groups excluding carboxylic acids is 1. The highest BCUT2D eigenvalue weighted by Crippen LogP contribution is 2.29. The minimum absolute atomic E-state index is 0.199. The van der Waals surface area contributed by atoms with Crippen LogP contribution < -0.4 is 5.32 Å². The van der Waals surface area contributed by atoms with E-state index in [1.54, 1.807) is 34.8 Å². The molecule has 1 atom stereocenters. The zero-order valence-electron chi connectivity index (χ0n) is 23.0. The minimum atomic E-state index is -3.66. The van der Waals surface area contributed by atoms with Gasteiger partial charge in [-0.3, -0.25) is 9.78 Å². The first-order valence-electron chi connectivity index (χ1n) is 14.2. The molecule has 2 aliphatic heterocycles. The second kappa shape index (κ2) is 12.1. The van der Waals surface area contributed by atoms with E-state index < -0.39 is 10.0 Å². The standard InChI is InChI=1S/C30H39N5O3S/c1-22-11-17-35(18-12-22)39(37,38)24-9-10-27-25(19-24)26(20-29(33-27)28-8-3-4-13-31-28)30(36)32-14-6-16-34-15-5-7-23(2)21-34/h3-4,8-10,13,19-20,22-23H,5-7,11-12,14-18,21H2,1-2H3,(H,32,36). The van der Waals surface area contributed by atoms with Gasteiger partial charge < -0.3 is 10.2 Å². The Morgan fingerprint density at radius 3 is 2.56 bits per heavy atom. The quantitative estimate of drug-likeness (QED) is 0.414. The fraction of sp³-hybridized carbons (Fsp3) is 0.500. The summed E-state index contributed by atoms with van der Waals surface area (Å²) in [5.41, 5.74) is 2.22. The van der Waals surface area contributed by atoms with Crippen LogP contribution in [0.1, 0.15) is 56.3 Å². The lowest BCUT2D eigenvalue weighted by molar-refractivity contribution is 0.0951. The number of nitrogens with one attached hydrogen (secondary N) is 1. The van der Waals surface area contributed by atoms with Crippen LogP contribution in [-0.2, 0) is 10.0 Å². The van der Waals surface area contributed by atoms with Gasteiger partial charge in [0.15, 0.2) is 0 Å². The zero-order chi connectivity index (χ0) is 27.4. The van der Waals surface area contributed by atoms with Gasteiger partial charge in [-0.2, -0.15) is 4.31 Å². The summed E-state index contributed by atoms with van der Waals surface area (Å²) in [4.78, 5) is 25.3. The van der Waals surface area contributed by atoms with E-state index in [4.69, 9.17) is 4.98 Å². The molecule has 0 bridgehead atoms. The van der Waals surface area contributed by atoms with Gasteiger partial charge in [-0.25, -0.2) is 13.4 Å². The number of aromatic nitrogens is 2. The average molecular weight is 550 g/mol. The van der Waals surface area contributed by atoms with Crippen molar-refractivity contribution >= 4 is 26.8 Å². The van der Waals surface area contributed by atoms with Gasteiger partial charge in [-0.1, -0.05) is 19.9 Å². The molecule has 2 aliphatic rings. The number of carbonyl (C=O) groups is 1. The molecule has 0 spiro atoms. The Bertz CT molecular complexity index is 1400. The predicted molar refractivity (Wildman–Crippen MR) is 154 cm³/mol. The molecule has 208 valence electrons. The maximum Gasteiger partial charge on any atom is 0.252 e. The third-order valence-electron chi connectivity index (χ3n) is 8.01. The number of rotatable bonds is 8. The van der Waals surface area contributed by atoms with E-state index in [1.807, 2.05) is 18.2 Å². The number of likely N-dealkylation sites (tertiary alicyclic amines) is 1. The number of benzene rings is 1. The molecule has 4 heterocycles. The number of piperidine rings is 2. The summed E-state index contributed by atoms with van der Waals surface area (Å²) in [7, 11) is -3.66. The molecule has 1 amide bonds. The van der Waals surface area contributed by atoms with Crippen LogP contribution in [0, 0.1) is 11.8 Å². The molecule has 5 rings (SSSR count). The van der Waals surface area contributed by atoms with Gasteiger partial charge in [0.1, 0.15) is 0 Å². The Kier molecular flexibility index (Phi) is 8.59. The predicted octanol–water partition coefficient (Wildman–Crippen LogP) is 4.57. The van der Waals surface area contributed by atoms with Gasteiger partial charge in [-0.15, -0.1) is 0 Å². The SMILES string of the molecule is CC1CCN(S(=O)(=O)c2ccc3nc(-c4ccccn4)cc(C(=O)NCCCN4CCCC(C)C4)c3c2)CC1. The smallest absolute Gasteiger partial charge is 0.252 e. The molecule has 39 heavy (non-hydrogen) atoms. The fourth-order valence-electron chi connectivity index (χ4n) is 5.66. The second-order valence-electron chi connectivity index (χ2n) is 11.2. The number of fused-ring (bicyclic) bond motifs is 1. The van der Waals surface area contributed by atoms with Gasteiger partial charge in [0.2, 0.25) is 10.0 Å². The number of amides is 1. The molecule has 2 aromatic heterocycles. The lowest BCUT2D eigenvalue weighted by atomic mass is 10.0. The Morgan fingerprint density at radius 2 is 1.82 bits per heavy atom. The molecule has 1 N–H and O–H groups in total. The highest BCUT2D eigenvalue weighted by Gasteiger charge is 2.29. The van der Waals surface area contributed by atoms with Crippen molar-refractivity contribution in [1.82, 2.24) is 24.5 Å². The molecule has 2 fully saturated rings. The number of hydrogen-bond donors (Lipinski definition) is 1. The van der Waals surface area contributed by atoms with Crippen LogP contribution in [0.25, 0.3) is 22.3 Å². The van der Waals surface area contributed by atoms with E-state index >= 15 is 0 Å². The lowest BCUT2D eigenvalue weighted by Gasteiger charge is -2.30. The monoisotopic (exact) mass is 549 g/mol. The molecular formula is C30H39N5O3S. The maximum absolute atomic E-state index is 13.5. The number of hydrogen-bond acceptors (Lipinski definition) is 6. The molecule has 1 aromatic carbocycles. The number of pyridine rings is 2. The molecule has 0 radical (unpaired) electrons. The van der Waals surface area contributed by atoms with Crippen molar-refractivity contribution in [2.75, 3.05) is 39.3 Å². The first-order valence-corrected chi connectivity index (χ1v) is 15.6. The van der Waals surface area contributed by atoms with Crippen LogP contribution in [0.15, 0.2) is 53.6 Å². The molecule has 8 nitrogen and oxygen atoms in total. The first kappa shape index (κ1) is 27.7. The Hall–Kier alpha value is -2.88. The lowest BCUT2D eigenvalue weighted by Crippen LogP contribution is -2.37. The van der Waals surface area contributed by atoms with E-state index in [0.29, 0.717) is 53.4 Å². The van der Waals surface area contributed by atoms with Crippen LogP contribution >= 0.6 is 0 Å². The molecule has 3 aromatic rings. The first-order chi connectivity index (χ1) is 18.8. The highest BCUT2D eigenvalue weighted by atomic mass is 32.2. The average Bonchev–Trinajstić information content (AvgIpc) is 2.95. The van der Waals surface area contributed by atoms with Crippen LogP contribution in [0.5, 0.6) is 0 Å². The Balaban J connectivity index is 1.41. The van der Waals surface area contributed by atoms with Crippen molar-refractivity contribution in [2.45, 2.75) is 50.8 Å². The van der Waals surface area contributed by atoms with Crippen molar-refractivity contribution < 1.29 is 13.2 Å². The summed E-state index contributed by atoms with van der Waals surface area (Å²) in [6, 6.07) is 12.2. The molecule has 0 saturated carbocycles. The van der Waals surface area contributed by atoms with Gasteiger partial charge in [0.05, 0.1) is 27.4 Å². The summed E-state index contributed by atoms with van der Waals surface area (Å²) >= 11 is 0. The van der Waals surface area contributed by atoms with Crippen molar-refractivity contribution in [3.63, 3.8) is 0 Å². The minimum Gasteiger partial charge on any atom is -0.352 e. The van der Waals surface area contributed by atoms with Gasteiger partial charge in [0, 0.05) is 37.8 Å². The van der Waals surface area contributed by atoms with Gasteiger partial charge in [0.25, 0.3) is 5.91 Å². The van der Waals surface area contributed by atoms with Crippen molar-refractivity contribution in [3.05, 3.63) is 54.2 Å². The van der Waals surface area contributed by atoms with E-state index in [1.165, 1.54) is 12.8 Å². The van der Waals surface area contributed by atoms with Crippen molar-refractivity contribution in [3.8, 4) is 11.4 Å². The largest absolute Gasteiger partial charge is 0.352 e. The fourth-order valence-corrected chi connectivity index (χ4v) is 7.16. The van der Waals surface area contributed by atoms with E-state index in [-0.39, 0.29) is 10.8 Å². The Labute approximate surface area is 231 Å². The van der Waals surface area contributed by atoms with Crippen LogP contribution in [0.4, 0.5) is 0 Å². The van der Waals surface area contributed by atoms with Gasteiger partial charge >= 0.3 is 0 Å². The summed E-state index contributed by atoms with van der Waals surface area (Å²) in [6.07, 6.45) is 6.78. The van der Waals surface area contributed by atoms with Crippen LogP contribution in [-0.4, -0.2) is 72.8 Å². The van der Waals surface area contributed by atoms with Crippen molar-refractivity contribution in [2.24, 2.45) is 11.8 Å². The van der Waals surface area contributed by atoms with Gasteiger partial charge in [-0.05, 0) is 93.4 Å². The second-order valence-corrected chi connectivity index (χ2v) is 13.1.